The first-order chi connectivity index (χ1) is 15.8. The van der Waals surface area contributed by atoms with Crippen molar-refractivity contribution in [3.8, 4) is 5.75 Å². The second kappa shape index (κ2) is 12.9. The van der Waals surface area contributed by atoms with Crippen LogP contribution in [0.4, 0.5) is 10.5 Å². The summed E-state index contributed by atoms with van der Waals surface area (Å²) in [6.07, 6.45) is 4.43. The largest absolute Gasteiger partial charge is 0.491 e. The number of aliphatic carboxylic acids is 1. The molecule has 1 amide bonds. The van der Waals surface area contributed by atoms with E-state index in [1.807, 2.05) is 62.6 Å². The zero-order chi connectivity index (χ0) is 24.3. The van der Waals surface area contributed by atoms with Crippen molar-refractivity contribution in [3.63, 3.8) is 0 Å². The molecule has 0 fully saturated rings. The van der Waals surface area contributed by atoms with Gasteiger partial charge in [-0.3, -0.25) is 5.32 Å². The number of aliphatic hydroxyl groups is 1. The van der Waals surface area contributed by atoms with Crippen LogP contribution in [0.5, 0.6) is 5.75 Å². The van der Waals surface area contributed by atoms with Gasteiger partial charge in [-0.2, -0.15) is 0 Å². The second-order valence-corrected chi connectivity index (χ2v) is 8.90. The second-order valence-electron chi connectivity index (χ2n) is 8.02. The van der Waals surface area contributed by atoms with Crippen molar-refractivity contribution in [1.29, 1.82) is 0 Å². The number of carboxylic acid groups (broad SMARTS) is 1. The number of allylic oxidation sites excluding steroid dienone is 1. The molecule has 0 saturated carbocycles. The summed E-state index contributed by atoms with van der Waals surface area (Å²) in [5, 5.41) is 20.8. The van der Waals surface area contributed by atoms with E-state index < -0.39 is 23.6 Å². The van der Waals surface area contributed by atoms with Crippen LogP contribution in [0, 0.1) is 5.41 Å². The molecule has 0 aliphatic rings. The molecule has 3 N–H and O–H groups in total. The highest BCUT2D eigenvalue weighted by atomic mass is 32.2. The number of hydrogen-bond donors (Lipinski definition) is 3. The number of amides is 1. The van der Waals surface area contributed by atoms with E-state index in [1.165, 1.54) is 0 Å². The molecule has 0 heterocycles. The van der Waals surface area contributed by atoms with Crippen molar-refractivity contribution in [2.75, 3.05) is 24.8 Å². The number of thioether (sulfide) groups is 1. The third-order valence-electron chi connectivity index (χ3n) is 5.04. The molecular weight excluding hydrogens is 442 g/mol. The Kier molecular flexibility index (Phi) is 10.3. The highest BCUT2D eigenvalue weighted by molar-refractivity contribution is 7.98. The van der Waals surface area contributed by atoms with E-state index in [0.717, 1.165) is 11.0 Å². The minimum absolute atomic E-state index is 0.111. The molecule has 8 heteroatoms. The first kappa shape index (κ1) is 26.3. The number of carboxylic acids is 1. The third-order valence-corrected chi connectivity index (χ3v) is 5.78. The maximum absolute atomic E-state index is 12.8. The van der Waals surface area contributed by atoms with Crippen LogP contribution in [0.25, 0.3) is 0 Å². The quantitative estimate of drug-likeness (QED) is 0.275. The number of carbonyl (C=O) groups excluding carboxylic acids is 1. The molecule has 0 saturated heterocycles. The van der Waals surface area contributed by atoms with E-state index in [9.17, 15) is 14.7 Å². The first-order valence-electron chi connectivity index (χ1n) is 10.6. The number of aliphatic hydroxyl groups excluding tert-OH is 1. The Labute approximate surface area is 198 Å². The Morgan fingerprint density at radius 3 is 2.48 bits per heavy atom. The minimum Gasteiger partial charge on any atom is -0.491 e. The van der Waals surface area contributed by atoms with E-state index in [4.69, 9.17) is 14.6 Å². The summed E-state index contributed by atoms with van der Waals surface area (Å²) in [5.41, 5.74) is 0.733. The summed E-state index contributed by atoms with van der Waals surface area (Å²) < 4.78 is 11.6. The first-order valence-corrected chi connectivity index (χ1v) is 11.8. The van der Waals surface area contributed by atoms with Gasteiger partial charge >= 0.3 is 12.1 Å². The van der Waals surface area contributed by atoms with Gasteiger partial charge in [0.15, 0.2) is 0 Å². The maximum atomic E-state index is 12.8. The van der Waals surface area contributed by atoms with Gasteiger partial charge in [0.1, 0.15) is 18.5 Å². The van der Waals surface area contributed by atoms with E-state index in [0.29, 0.717) is 29.8 Å². The van der Waals surface area contributed by atoms with Gasteiger partial charge in [-0.1, -0.05) is 38.1 Å². The van der Waals surface area contributed by atoms with Crippen LogP contribution in [0.15, 0.2) is 65.6 Å². The molecule has 0 aliphatic heterocycles. The van der Waals surface area contributed by atoms with Gasteiger partial charge in [0.2, 0.25) is 0 Å². The molecule has 7 nitrogen and oxygen atoms in total. The average Bonchev–Trinajstić information content (AvgIpc) is 2.79. The highest BCUT2D eigenvalue weighted by Crippen LogP contribution is 2.44. The van der Waals surface area contributed by atoms with Crippen LogP contribution in [-0.4, -0.2) is 41.7 Å². The molecule has 0 aromatic heterocycles. The van der Waals surface area contributed by atoms with Crippen LogP contribution in [0.3, 0.4) is 0 Å². The van der Waals surface area contributed by atoms with Gasteiger partial charge in [0.25, 0.3) is 0 Å². The molecule has 0 aliphatic carbocycles. The van der Waals surface area contributed by atoms with Crippen LogP contribution >= 0.6 is 11.8 Å². The summed E-state index contributed by atoms with van der Waals surface area (Å²) in [6.45, 7) is 3.88. The number of para-hydroxylation sites is 1. The molecular formula is C25H31NO6S. The Morgan fingerprint density at radius 1 is 1.15 bits per heavy atom. The number of hydrogen-bond acceptors (Lipinski definition) is 6. The average molecular weight is 474 g/mol. The highest BCUT2D eigenvalue weighted by Gasteiger charge is 2.35. The SMILES string of the molecule is CSc1ccc(NC(=O)O[C@H](c2ccccc2OCCO)C(C)(C)CC/C=C/C(=O)O)cc1. The molecule has 0 bridgehead atoms. The van der Waals surface area contributed by atoms with E-state index >= 15 is 0 Å². The number of rotatable bonds is 12. The van der Waals surface area contributed by atoms with Gasteiger partial charge in [0.05, 0.1) is 6.61 Å². The monoisotopic (exact) mass is 473 g/mol. The predicted octanol–water partition coefficient (Wildman–Crippen LogP) is 5.52. The molecule has 33 heavy (non-hydrogen) atoms. The Hall–Kier alpha value is -2.97. The normalized spacial score (nSPS) is 12.4. The molecule has 0 spiro atoms. The van der Waals surface area contributed by atoms with Gasteiger partial charge in [-0.05, 0) is 49.4 Å². The Balaban J connectivity index is 2.27. The lowest BCUT2D eigenvalue weighted by atomic mass is 9.78. The molecule has 2 aromatic carbocycles. The van der Waals surface area contributed by atoms with Crippen molar-refractivity contribution < 1.29 is 29.3 Å². The van der Waals surface area contributed by atoms with E-state index in [2.05, 4.69) is 5.32 Å². The van der Waals surface area contributed by atoms with Crippen LogP contribution in [0.1, 0.15) is 38.4 Å². The van der Waals surface area contributed by atoms with Crippen molar-refractivity contribution in [3.05, 3.63) is 66.2 Å². The summed E-state index contributed by atoms with van der Waals surface area (Å²) in [5.74, 6) is -0.488. The van der Waals surface area contributed by atoms with Crippen molar-refractivity contribution in [2.45, 2.75) is 37.7 Å². The zero-order valence-electron chi connectivity index (χ0n) is 19.1. The molecule has 0 unspecified atom stereocenters. The molecule has 0 radical (unpaired) electrons. The third kappa shape index (κ3) is 8.47. The van der Waals surface area contributed by atoms with Crippen LogP contribution < -0.4 is 10.1 Å². The van der Waals surface area contributed by atoms with Crippen LogP contribution in [0.2, 0.25) is 0 Å². The van der Waals surface area contributed by atoms with E-state index in [-0.39, 0.29) is 13.2 Å². The molecule has 1 atom stereocenters. The lowest BCUT2D eigenvalue weighted by Gasteiger charge is -2.35. The summed E-state index contributed by atoms with van der Waals surface area (Å²) in [4.78, 5) is 24.7. The fourth-order valence-corrected chi connectivity index (χ4v) is 3.74. The zero-order valence-corrected chi connectivity index (χ0v) is 19.9. The molecule has 2 aromatic rings. The van der Waals surface area contributed by atoms with E-state index in [1.54, 1.807) is 23.9 Å². The standard InChI is InChI=1S/C25H31NO6S/c1-25(2,15-7-6-10-22(28)29)23(20-8-4-5-9-21(20)31-17-16-27)32-24(30)26-18-11-13-19(33-3)14-12-18/h4-6,8-14,23,27H,7,15-17H2,1-3H3,(H,26,30)(H,28,29)/b10-6+/t23-/m1/s1. The van der Waals surface area contributed by atoms with Gasteiger partial charge in [-0.15, -0.1) is 11.8 Å². The number of nitrogens with one attached hydrogen (secondary N) is 1. The smallest absolute Gasteiger partial charge is 0.412 e. The van der Waals surface area contributed by atoms with Crippen molar-refractivity contribution >= 4 is 29.5 Å². The Morgan fingerprint density at radius 2 is 1.85 bits per heavy atom. The predicted molar refractivity (Wildman–Crippen MR) is 130 cm³/mol. The fraction of sp³-hybridized carbons (Fsp3) is 0.360. The molecule has 2 rings (SSSR count). The summed E-state index contributed by atoms with van der Waals surface area (Å²) in [6, 6.07) is 14.7. The number of benzene rings is 2. The van der Waals surface area contributed by atoms with Crippen LogP contribution in [-0.2, 0) is 9.53 Å². The lowest BCUT2D eigenvalue weighted by molar-refractivity contribution is -0.131. The fourth-order valence-electron chi connectivity index (χ4n) is 3.33. The summed E-state index contributed by atoms with van der Waals surface area (Å²) >= 11 is 1.61. The van der Waals surface area contributed by atoms with Crippen molar-refractivity contribution in [2.24, 2.45) is 5.41 Å². The lowest BCUT2D eigenvalue weighted by Crippen LogP contribution is -2.29. The topological polar surface area (TPSA) is 105 Å². The van der Waals surface area contributed by atoms with Gasteiger partial charge < -0.3 is 19.7 Å². The molecule has 178 valence electrons. The van der Waals surface area contributed by atoms with Crippen molar-refractivity contribution in [1.82, 2.24) is 0 Å². The number of carbonyl (C=O) groups is 2. The summed E-state index contributed by atoms with van der Waals surface area (Å²) in [7, 11) is 0. The minimum atomic E-state index is -1.00. The maximum Gasteiger partial charge on any atom is 0.412 e. The van der Waals surface area contributed by atoms with Gasteiger partial charge in [0, 0.05) is 27.6 Å². The Bertz CT molecular complexity index is 942. The number of anilines is 1. The van der Waals surface area contributed by atoms with Gasteiger partial charge in [-0.25, -0.2) is 9.59 Å². The number of ether oxygens (including phenoxy) is 2.